The highest BCUT2D eigenvalue weighted by atomic mass is 35.5. The van der Waals surface area contributed by atoms with E-state index in [9.17, 15) is 19.5 Å². The summed E-state index contributed by atoms with van der Waals surface area (Å²) in [6.07, 6.45) is 7.38. The number of hydrogen-bond donors (Lipinski definition) is 4. The molecule has 0 bridgehead atoms. The van der Waals surface area contributed by atoms with Gasteiger partial charge in [-0.2, -0.15) is 5.10 Å². The molecule has 1 aliphatic carbocycles. The van der Waals surface area contributed by atoms with Crippen molar-refractivity contribution >= 4 is 51.9 Å². The first-order valence-corrected chi connectivity index (χ1v) is 26.1. The van der Waals surface area contributed by atoms with E-state index < -0.39 is 35.1 Å². The van der Waals surface area contributed by atoms with Crippen LogP contribution in [0.5, 0.6) is 11.5 Å². The maximum Gasteiger partial charge on any atom is 0.329 e. The Bertz CT molecular complexity index is 3130. The number of likely N-dealkylation sites (tertiary alicyclic amines) is 1. The number of halogens is 3. The first-order valence-electron chi connectivity index (χ1n) is 25.8. The topological polar surface area (TPSA) is 168 Å². The number of primary amides is 1. The van der Waals surface area contributed by atoms with Gasteiger partial charge in [-0.05, 0) is 116 Å². The first kappa shape index (κ1) is 49.6. The van der Waals surface area contributed by atoms with Crippen LogP contribution in [0.15, 0.2) is 91.0 Å². The number of aryl methyl sites for hydroxylation is 1. The fraction of sp³-hybridized carbons (Fsp3) is 0.404. The lowest BCUT2D eigenvalue weighted by Crippen LogP contribution is -2.56. The minimum atomic E-state index is -1.09. The first-order chi connectivity index (χ1) is 35.8. The van der Waals surface area contributed by atoms with E-state index in [4.69, 9.17) is 26.8 Å². The highest BCUT2D eigenvalue weighted by molar-refractivity contribution is 6.34. The van der Waals surface area contributed by atoms with Gasteiger partial charge in [-0.15, -0.1) is 0 Å². The Morgan fingerprint density at radius 3 is 2.41 bits per heavy atom. The number of nitrogens with one attached hydrogen (secondary N) is 2. The van der Waals surface area contributed by atoms with Gasteiger partial charge < -0.3 is 35.4 Å². The van der Waals surface area contributed by atoms with Crippen LogP contribution in [0, 0.1) is 17.0 Å². The highest BCUT2D eigenvalue weighted by Gasteiger charge is 2.51. The van der Waals surface area contributed by atoms with Gasteiger partial charge >= 0.3 is 6.03 Å². The number of aliphatic hydroxyl groups is 1. The number of piperidine rings is 2. The Hall–Kier alpha value is -6.59. The fourth-order valence-corrected chi connectivity index (χ4v) is 12.9. The third-order valence-corrected chi connectivity index (χ3v) is 17.1. The summed E-state index contributed by atoms with van der Waals surface area (Å²) in [5, 5.41) is 20.6. The van der Waals surface area contributed by atoms with Crippen molar-refractivity contribution in [3.05, 3.63) is 135 Å². The summed E-state index contributed by atoms with van der Waals surface area (Å²) in [6, 6.07) is 28.8. The number of nitrogens with zero attached hydrogens (tertiary/aromatic N) is 5. The monoisotopic (exact) mass is 1030 g/mol. The van der Waals surface area contributed by atoms with Gasteiger partial charge in [0.2, 0.25) is 11.8 Å². The average molecular weight is 1030 g/mol. The molecule has 4 amide bonds. The maximum absolute atomic E-state index is 16.5. The molecule has 11 rings (SSSR count). The third-order valence-electron chi connectivity index (χ3n) is 16.7. The van der Waals surface area contributed by atoms with Crippen LogP contribution in [0.3, 0.4) is 0 Å². The summed E-state index contributed by atoms with van der Waals surface area (Å²) in [5.74, 6) is -2.53. The van der Waals surface area contributed by atoms with Crippen molar-refractivity contribution in [1.82, 2.24) is 25.3 Å². The number of hydrogen-bond acceptors (Lipinski definition) is 10. The van der Waals surface area contributed by atoms with Crippen molar-refractivity contribution in [2.24, 2.45) is 18.2 Å². The Morgan fingerprint density at radius 2 is 1.70 bits per heavy atom. The fourth-order valence-electron chi connectivity index (χ4n) is 12.6. The van der Waals surface area contributed by atoms with Gasteiger partial charge in [-0.3, -0.25) is 24.5 Å². The molecule has 5 aliphatic rings. The SMILES string of the molecule is CC1c2c(cc(F)c(Cl)c2-c2c(C(N)=O)ccc(OCCO)c2F)OC1(CNCc1ccc(N2CCC3(CC2)CC(N2CCC(c4ccc5c(N6CCC(=O)NC6=O)nn(C)c5c4)CC2)C3)cc1)c1ccccc1. The third kappa shape index (κ3) is 8.92. The number of carbonyl (C=O) groups excluding carboxylic acids is 3. The lowest BCUT2D eigenvalue weighted by atomic mass is 9.59. The van der Waals surface area contributed by atoms with Crippen molar-refractivity contribution in [1.29, 1.82) is 0 Å². The van der Waals surface area contributed by atoms with Crippen molar-refractivity contribution in [2.45, 2.75) is 81.9 Å². The maximum atomic E-state index is 16.5. The zero-order valence-electron chi connectivity index (χ0n) is 41.6. The molecule has 1 aromatic heterocycles. The van der Waals surface area contributed by atoms with Crippen molar-refractivity contribution < 1.29 is 37.7 Å². The van der Waals surface area contributed by atoms with Crippen LogP contribution < -0.4 is 35.6 Å². The minimum Gasteiger partial charge on any atom is -0.488 e. The van der Waals surface area contributed by atoms with Gasteiger partial charge in [0.1, 0.15) is 18.2 Å². The summed E-state index contributed by atoms with van der Waals surface area (Å²) in [4.78, 5) is 43.9. The van der Waals surface area contributed by atoms with Crippen LogP contribution >= 0.6 is 11.6 Å². The largest absolute Gasteiger partial charge is 0.488 e. The number of imide groups is 1. The number of rotatable bonds is 14. The molecular weight excluding hydrogens is 966 g/mol. The number of benzene rings is 5. The zero-order valence-corrected chi connectivity index (χ0v) is 42.4. The standard InChI is InChI=1S/C57H61ClF2N8O6/c1-34-48-46(29-43(59)51(58)50(48)49-42(53(61)71)14-15-45(52(49)60)73-27-26-69)74-57(34,38-6-4-3-5-7-38)33-62-32-35-8-11-39(12-9-35)67-24-19-56(20-25-67)30-40(31-56)66-21-16-36(17-22-66)37-10-13-41-44(28-37)65(2)64-54(41)68-23-18-47(70)63-55(68)72/h3-15,28-29,34,36,40,62,69H,16-27,30-33H2,1-2H3,(H2,61,71)(H,63,70,72). The lowest BCUT2D eigenvalue weighted by molar-refractivity contribution is -0.120. The second kappa shape index (κ2) is 19.9. The van der Waals surface area contributed by atoms with Crippen LogP contribution in [0.4, 0.5) is 25.1 Å². The normalized spacial score (nSPS) is 21.2. The van der Waals surface area contributed by atoms with Crippen LogP contribution in [0.1, 0.15) is 96.3 Å². The molecule has 2 atom stereocenters. The molecule has 17 heteroatoms. The number of anilines is 2. The van der Waals surface area contributed by atoms with Crippen LogP contribution in [0.2, 0.25) is 5.02 Å². The second-order valence-corrected chi connectivity index (χ2v) is 21.3. The number of ether oxygens (including phenoxy) is 2. The van der Waals surface area contributed by atoms with E-state index >= 15 is 8.78 Å². The molecule has 1 spiro atoms. The van der Waals surface area contributed by atoms with E-state index in [1.807, 2.05) is 49.0 Å². The molecule has 5 heterocycles. The Labute approximate surface area is 433 Å². The molecule has 14 nitrogen and oxygen atoms in total. The summed E-state index contributed by atoms with van der Waals surface area (Å²) < 4.78 is 46.4. The smallest absolute Gasteiger partial charge is 0.329 e. The summed E-state index contributed by atoms with van der Waals surface area (Å²) in [7, 11) is 1.91. The van der Waals surface area contributed by atoms with Gasteiger partial charge in [0.05, 0.1) is 22.7 Å². The highest BCUT2D eigenvalue weighted by Crippen LogP contribution is 2.57. The van der Waals surface area contributed by atoms with Crippen molar-refractivity contribution in [3.8, 4) is 22.6 Å². The molecule has 4 fully saturated rings. The molecule has 1 saturated carbocycles. The second-order valence-electron chi connectivity index (χ2n) is 20.9. The Morgan fingerprint density at radius 1 is 0.959 bits per heavy atom. The number of fused-ring (bicyclic) bond motifs is 2. The van der Waals surface area contributed by atoms with Crippen LogP contribution in [0.25, 0.3) is 22.0 Å². The summed E-state index contributed by atoms with van der Waals surface area (Å²) in [5.41, 5.74) is 10.4. The van der Waals surface area contributed by atoms with E-state index in [1.165, 1.54) is 55.1 Å². The van der Waals surface area contributed by atoms with Crippen molar-refractivity contribution in [3.63, 3.8) is 0 Å². The number of aromatic nitrogens is 2. The molecule has 3 saturated heterocycles. The van der Waals surface area contributed by atoms with Gasteiger partial charge in [0, 0.05) is 92.0 Å². The number of aliphatic hydroxyl groups excluding tert-OH is 1. The number of urea groups is 1. The van der Waals surface area contributed by atoms with E-state index in [1.54, 1.807) is 4.90 Å². The quantitative estimate of drug-likeness (QED) is 0.0828. The molecule has 2 unspecified atom stereocenters. The minimum absolute atomic E-state index is 0.0395. The van der Waals surface area contributed by atoms with Crippen LogP contribution in [-0.4, -0.2) is 96.2 Å². The molecule has 5 N–H and O–H groups in total. The average Bonchev–Trinajstić information content (AvgIpc) is 3.87. The van der Waals surface area contributed by atoms with E-state index in [0.717, 1.165) is 61.1 Å². The van der Waals surface area contributed by atoms with Crippen LogP contribution in [-0.2, 0) is 24.0 Å². The number of nitrogens with two attached hydrogens (primary N) is 1. The molecule has 386 valence electrons. The van der Waals surface area contributed by atoms with Gasteiger partial charge in [-0.25, -0.2) is 13.6 Å². The summed E-state index contributed by atoms with van der Waals surface area (Å²) in [6.45, 7) is 6.72. The molecule has 5 aromatic carbocycles. The number of amides is 4. The molecule has 0 radical (unpaired) electrons. The Balaban J connectivity index is 0.700. The molecule has 4 aliphatic heterocycles. The Kier molecular flexibility index (Phi) is 13.4. The number of carbonyl (C=O) groups is 3. The van der Waals surface area contributed by atoms with Gasteiger partial charge in [0.15, 0.2) is 23.0 Å². The van der Waals surface area contributed by atoms with Crippen molar-refractivity contribution in [2.75, 3.05) is 62.3 Å². The van der Waals surface area contributed by atoms with E-state index in [0.29, 0.717) is 48.4 Å². The van der Waals surface area contributed by atoms with Gasteiger partial charge in [-0.1, -0.05) is 67.1 Å². The zero-order chi connectivity index (χ0) is 51.5. The molecule has 74 heavy (non-hydrogen) atoms. The summed E-state index contributed by atoms with van der Waals surface area (Å²) >= 11 is 6.72. The predicted molar refractivity (Wildman–Crippen MR) is 280 cm³/mol. The lowest BCUT2D eigenvalue weighted by Gasteiger charge is -2.56. The van der Waals surface area contributed by atoms with Gasteiger partial charge in [0.25, 0.3) is 0 Å². The van der Waals surface area contributed by atoms with E-state index in [2.05, 4.69) is 68.0 Å². The molecule has 6 aromatic rings. The van der Waals surface area contributed by atoms with E-state index in [-0.39, 0.29) is 58.8 Å². The molecular formula is C57H61ClF2N8O6. The predicted octanol–water partition coefficient (Wildman–Crippen LogP) is 8.90.